The summed E-state index contributed by atoms with van der Waals surface area (Å²) in [6.07, 6.45) is 12.4. The number of para-hydroxylation sites is 2. The Morgan fingerprint density at radius 3 is 2.21 bits per heavy atom. The van der Waals surface area contributed by atoms with Gasteiger partial charge in [-0.1, -0.05) is 54.6 Å². The van der Waals surface area contributed by atoms with E-state index in [2.05, 4.69) is 93.0 Å². The van der Waals surface area contributed by atoms with E-state index >= 15 is 0 Å². The number of benzene rings is 2. The van der Waals surface area contributed by atoms with Crippen molar-refractivity contribution in [1.29, 1.82) is 0 Å². The van der Waals surface area contributed by atoms with Gasteiger partial charge in [-0.25, -0.2) is 4.98 Å². The van der Waals surface area contributed by atoms with Crippen molar-refractivity contribution in [2.24, 2.45) is 0 Å². The summed E-state index contributed by atoms with van der Waals surface area (Å²) >= 11 is 0. The fourth-order valence-corrected chi connectivity index (χ4v) is 5.77. The lowest BCUT2D eigenvalue weighted by Gasteiger charge is -2.13. The van der Waals surface area contributed by atoms with Gasteiger partial charge in [0.2, 0.25) is 0 Å². The van der Waals surface area contributed by atoms with Gasteiger partial charge in [0, 0.05) is 28.1 Å². The standard InChI is InChI=1S/C33H23N5/c1-2-10-22(11-3-1)38-29-15-6-4-12-24(29)26-20-31-32(36-33(26)38)25-13-5-7-16-30(25)37(31)23-17-18-28(35-21-23)27-14-8-9-19-34-27/h1-2,4-10,12-21H,3,11H2. The first-order valence-corrected chi connectivity index (χ1v) is 12.9. The summed E-state index contributed by atoms with van der Waals surface area (Å²) in [4.78, 5) is 14.6. The Bertz CT molecular complexity index is 2060. The molecule has 0 spiro atoms. The molecule has 0 amide bonds. The molecule has 0 atom stereocenters. The molecule has 5 heteroatoms. The highest BCUT2D eigenvalue weighted by atomic mass is 15.1. The molecule has 0 N–H and O–H groups in total. The molecular weight excluding hydrogens is 466 g/mol. The summed E-state index contributed by atoms with van der Waals surface area (Å²) in [5.74, 6) is 0. The highest BCUT2D eigenvalue weighted by molar-refractivity contribution is 6.16. The predicted molar refractivity (Wildman–Crippen MR) is 155 cm³/mol. The van der Waals surface area contributed by atoms with E-state index in [1.165, 1.54) is 16.6 Å². The maximum Gasteiger partial charge on any atom is 0.146 e. The monoisotopic (exact) mass is 489 g/mol. The van der Waals surface area contributed by atoms with E-state index in [1.54, 1.807) is 6.20 Å². The zero-order valence-electron chi connectivity index (χ0n) is 20.6. The van der Waals surface area contributed by atoms with Crippen molar-refractivity contribution in [3.05, 3.63) is 116 Å². The molecule has 1 aliphatic rings. The molecule has 2 aromatic carbocycles. The van der Waals surface area contributed by atoms with Crippen LogP contribution in [0.25, 0.3) is 66.6 Å². The number of nitrogens with zero attached hydrogens (tertiary/aromatic N) is 5. The Hall–Kier alpha value is -5.03. The van der Waals surface area contributed by atoms with E-state index in [-0.39, 0.29) is 0 Å². The Kier molecular flexibility index (Phi) is 4.58. The van der Waals surface area contributed by atoms with Crippen molar-refractivity contribution in [3.63, 3.8) is 0 Å². The first-order chi connectivity index (χ1) is 18.9. The molecule has 8 rings (SSSR count). The molecule has 0 bridgehead atoms. The van der Waals surface area contributed by atoms with Crippen molar-refractivity contribution >= 4 is 49.6 Å². The maximum atomic E-state index is 5.38. The number of fused-ring (bicyclic) bond motifs is 6. The van der Waals surface area contributed by atoms with Crippen LogP contribution in [0.3, 0.4) is 0 Å². The molecule has 1 aliphatic carbocycles. The minimum Gasteiger partial charge on any atom is -0.306 e. The number of hydrogen-bond donors (Lipinski definition) is 0. The van der Waals surface area contributed by atoms with Crippen LogP contribution in [0.1, 0.15) is 12.8 Å². The fraction of sp³-hybridized carbons (Fsp3) is 0.0606. The summed E-state index contributed by atoms with van der Waals surface area (Å²) in [6, 6.07) is 29.5. The third-order valence-electron chi connectivity index (χ3n) is 7.48. The van der Waals surface area contributed by atoms with Crippen LogP contribution in [0.2, 0.25) is 0 Å². The van der Waals surface area contributed by atoms with E-state index in [0.29, 0.717) is 0 Å². The normalized spacial score (nSPS) is 13.6. The van der Waals surface area contributed by atoms with Gasteiger partial charge in [0.05, 0.1) is 45.3 Å². The van der Waals surface area contributed by atoms with Gasteiger partial charge in [0.25, 0.3) is 0 Å². The lowest BCUT2D eigenvalue weighted by molar-refractivity contribution is 0.973. The predicted octanol–water partition coefficient (Wildman–Crippen LogP) is 7.93. The van der Waals surface area contributed by atoms with Gasteiger partial charge in [-0.2, -0.15) is 0 Å². The first kappa shape index (κ1) is 21.1. The van der Waals surface area contributed by atoms with Crippen molar-refractivity contribution < 1.29 is 0 Å². The third-order valence-corrected chi connectivity index (χ3v) is 7.48. The zero-order valence-corrected chi connectivity index (χ0v) is 20.6. The fourth-order valence-electron chi connectivity index (χ4n) is 5.77. The molecule has 38 heavy (non-hydrogen) atoms. The molecule has 7 aromatic rings. The van der Waals surface area contributed by atoms with E-state index in [1.807, 2.05) is 30.5 Å². The van der Waals surface area contributed by atoms with Crippen LogP contribution in [0.4, 0.5) is 0 Å². The van der Waals surface area contributed by atoms with Crippen molar-refractivity contribution in [1.82, 2.24) is 24.1 Å². The van der Waals surface area contributed by atoms with Crippen LogP contribution in [0, 0.1) is 0 Å². The summed E-state index contributed by atoms with van der Waals surface area (Å²) in [5, 5.41) is 3.51. The first-order valence-electron chi connectivity index (χ1n) is 12.9. The molecule has 5 aromatic heterocycles. The minimum atomic E-state index is 0.855. The topological polar surface area (TPSA) is 48.5 Å². The van der Waals surface area contributed by atoms with Gasteiger partial charge in [0.15, 0.2) is 0 Å². The lowest BCUT2D eigenvalue weighted by Crippen LogP contribution is -2.00. The highest BCUT2D eigenvalue weighted by Gasteiger charge is 2.20. The van der Waals surface area contributed by atoms with E-state index in [9.17, 15) is 0 Å². The van der Waals surface area contributed by atoms with Gasteiger partial charge in [-0.3, -0.25) is 14.5 Å². The van der Waals surface area contributed by atoms with E-state index in [4.69, 9.17) is 9.97 Å². The van der Waals surface area contributed by atoms with Gasteiger partial charge < -0.3 is 4.57 Å². The van der Waals surface area contributed by atoms with Crippen LogP contribution in [0.5, 0.6) is 0 Å². The zero-order chi connectivity index (χ0) is 25.1. The van der Waals surface area contributed by atoms with E-state index < -0.39 is 0 Å². The van der Waals surface area contributed by atoms with Gasteiger partial charge in [0.1, 0.15) is 5.65 Å². The molecule has 5 nitrogen and oxygen atoms in total. The third kappa shape index (κ3) is 3.08. The van der Waals surface area contributed by atoms with E-state index in [0.717, 1.165) is 62.9 Å². The summed E-state index contributed by atoms with van der Waals surface area (Å²) in [6.45, 7) is 0. The Balaban J connectivity index is 1.43. The van der Waals surface area contributed by atoms with Gasteiger partial charge in [-0.15, -0.1) is 0 Å². The number of aromatic nitrogens is 5. The van der Waals surface area contributed by atoms with Crippen LogP contribution in [-0.4, -0.2) is 24.1 Å². The molecule has 0 radical (unpaired) electrons. The Morgan fingerprint density at radius 2 is 1.45 bits per heavy atom. The number of allylic oxidation sites excluding steroid dienone is 4. The molecule has 0 fully saturated rings. The van der Waals surface area contributed by atoms with Gasteiger partial charge in [-0.05, 0) is 61.4 Å². The van der Waals surface area contributed by atoms with Crippen molar-refractivity contribution in [3.8, 4) is 17.1 Å². The highest BCUT2D eigenvalue weighted by Crippen LogP contribution is 2.38. The molecular formula is C33H23N5. The average Bonchev–Trinajstić information content (AvgIpc) is 3.49. The van der Waals surface area contributed by atoms with Crippen LogP contribution in [0.15, 0.2) is 116 Å². The number of pyridine rings is 3. The number of rotatable bonds is 3. The molecule has 5 heterocycles. The molecule has 0 unspecified atom stereocenters. The average molecular weight is 490 g/mol. The van der Waals surface area contributed by atoms with Crippen LogP contribution in [-0.2, 0) is 0 Å². The van der Waals surface area contributed by atoms with Gasteiger partial charge >= 0.3 is 0 Å². The van der Waals surface area contributed by atoms with Crippen molar-refractivity contribution in [2.75, 3.05) is 0 Å². The minimum absolute atomic E-state index is 0.855. The van der Waals surface area contributed by atoms with Crippen LogP contribution < -0.4 is 0 Å². The number of hydrogen-bond acceptors (Lipinski definition) is 3. The second-order valence-corrected chi connectivity index (χ2v) is 9.67. The second-order valence-electron chi connectivity index (χ2n) is 9.67. The summed E-state index contributed by atoms with van der Waals surface area (Å²) < 4.78 is 4.63. The SMILES string of the molecule is C1=CCCC(n2c3ccccc3c3cc4c(nc32)c2ccccc2n4-c2ccc(-c3ccccn3)nc2)=C1. The largest absolute Gasteiger partial charge is 0.306 e. The lowest BCUT2D eigenvalue weighted by atomic mass is 10.1. The maximum absolute atomic E-state index is 5.38. The second kappa shape index (κ2) is 8.25. The Morgan fingerprint density at radius 1 is 0.658 bits per heavy atom. The Labute approximate surface area is 219 Å². The molecule has 0 aliphatic heterocycles. The van der Waals surface area contributed by atoms with Crippen molar-refractivity contribution in [2.45, 2.75) is 12.8 Å². The quantitative estimate of drug-likeness (QED) is 0.253. The summed E-state index contributed by atoms with van der Waals surface area (Å²) in [7, 11) is 0. The molecule has 0 saturated heterocycles. The van der Waals surface area contributed by atoms with Crippen LogP contribution >= 0.6 is 0 Å². The smallest absolute Gasteiger partial charge is 0.146 e. The molecule has 180 valence electrons. The summed E-state index contributed by atoms with van der Waals surface area (Å²) in [5.41, 5.74) is 9.39. The molecule has 0 saturated carbocycles.